The average Bonchev–Trinajstić information content (AvgIpc) is 2.88. The largest absolute Gasteiger partial charge is 0.361 e. The topological polar surface area (TPSA) is 27.8 Å². The molecular weight excluding hydrogens is 208 g/mol. The molecular formula is C12H15ClN2. The van der Waals surface area contributed by atoms with Crippen LogP contribution in [0, 0.1) is 0 Å². The molecule has 80 valence electrons. The Morgan fingerprint density at radius 2 is 2.13 bits per heavy atom. The molecule has 3 rings (SSSR count). The van der Waals surface area contributed by atoms with Crippen molar-refractivity contribution in [3.05, 3.63) is 36.0 Å². The molecule has 0 radical (unpaired) electrons. The van der Waals surface area contributed by atoms with Gasteiger partial charge in [-0.25, -0.2) is 0 Å². The van der Waals surface area contributed by atoms with Gasteiger partial charge in [-0.2, -0.15) is 0 Å². The standard InChI is InChI=1S/C12H14N2.ClH/c1-2-11(13-6-1)10-4-3-9-5-7-14-12(9)8-10;/h3-5,7-8,11,13-14H,1-2,6H2;1H/t11-;/m0./s1. The zero-order valence-electron chi connectivity index (χ0n) is 8.49. The van der Waals surface area contributed by atoms with Crippen LogP contribution in [0.25, 0.3) is 10.9 Å². The maximum atomic E-state index is 3.52. The highest BCUT2D eigenvalue weighted by molar-refractivity contribution is 5.85. The molecule has 0 aliphatic carbocycles. The van der Waals surface area contributed by atoms with E-state index in [0.29, 0.717) is 6.04 Å². The first kappa shape index (κ1) is 10.5. The Morgan fingerprint density at radius 1 is 1.20 bits per heavy atom. The minimum absolute atomic E-state index is 0. The predicted molar refractivity (Wildman–Crippen MR) is 65.5 cm³/mol. The Morgan fingerprint density at radius 3 is 2.93 bits per heavy atom. The van der Waals surface area contributed by atoms with Crippen LogP contribution in [0.15, 0.2) is 30.5 Å². The summed E-state index contributed by atoms with van der Waals surface area (Å²) in [5.41, 5.74) is 2.66. The number of halogens is 1. The van der Waals surface area contributed by atoms with Gasteiger partial charge in [-0.3, -0.25) is 0 Å². The van der Waals surface area contributed by atoms with Gasteiger partial charge in [0.15, 0.2) is 0 Å². The molecule has 1 aromatic carbocycles. The predicted octanol–water partition coefficient (Wildman–Crippen LogP) is 3.01. The highest BCUT2D eigenvalue weighted by atomic mass is 35.5. The number of H-pyrrole nitrogens is 1. The van der Waals surface area contributed by atoms with Crippen LogP contribution >= 0.6 is 12.4 Å². The molecule has 0 unspecified atom stereocenters. The van der Waals surface area contributed by atoms with E-state index in [0.717, 1.165) is 6.54 Å². The highest BCUT2D eigenvalue weighted by Crippen LogP contribution is 2.25. The molecule has 1 saturated heterocycles. The van der Waals surface area contributed by atoms with Gasteiger partial charge in [-0.05, 0) is 42.5 Å². The Hall–Kier alpha value is -0.990. The number of fused-ring (bicyclic) bond motifs is 1. The van der Waals surface area contributed by atoms with E-state index < -0.39 is 0 Å². The van der Waals surface area contributed by atoms with E-state index in [1.807, 2.05) is 6.20 Å². The summed E-state index contributed by atoms with van der Waals surface area (Å²) in [7, 11) is 0. The zero-order chi connectivity index (χ0) is 9.38. The van der Waals surface area contributed by atoms with E-state index in [1.54, 1.807) is 0 Å². The third kappa shape index (κ3) is 1.87. The van der Waals surface area contributed by atoms with Crippen molar-refractivity contribution < 1.29 is 0 Å². The highest BCUT2D eigenvalue weighted by Gasteiger charge is 2.15. The summed E-state index contributed by atoms with van der Waals surface area (Å²) in [5, 5.41) is 4.81. The lowest BCUT2D eigenvalue weighted by molar-refractivity contribution is 0.648. The molecule has 2 N–H and O–H groups in total. The molecule has 15 heavy (non-hydrogen) atoms. The third-order valence-electron chi connectivity index (χ3n) is 3.04. The summed E-state index contributed by atoms with van der Waals surface area (Å²) in [5.74, 6) is 0. The van der Waals surface area contributed by atoms with Gasteiger partial charge in [0, 0.05) is 17.8 Å². The SMILES string of the molecule is Cl.c1cc2ccc([C@@H]3CCCN3)cc2[nH]1. The van der Waals surface area contributed by atoms with Gasteiger partial charge in [0.25, 0.3) is 0 Å². The molecule has 3 heteroatoms. The van der Waals surface area contributed by atoms with Gasteiger partial charge in [-0.15, -0.1) is 12.4 Å². The molecule has 1 aliphatic heterocycles. The van der Waals surface area contributed by atoms with Gasteiger partial charge in [-0.1, -0.05) is 12.1 Å². The number of benzene rings is 1. The van der Waals surface area contributed by atoms with E-state index in [1.165, 1.54) is 29.3 Å². The lowest BCUT2D eigenvalue weighted by Gasteiger charge is -2.10. The fourth-order valence-electron chi connectivity index (χ4n) is 2.25. The molecule has 1 atom stereocenters. The number of aromatic nitrogens is 1. The van der Waals surface area contributed by atoms with Gasteiger partial charge in [0.1, 0.15) is 0 Å². The Kier molecular flexibility index (Phi) is 2.98. The van der Waals surface area contributed by atoms with Gasteiger partial charge in [0.2, 0.25) is 0 Å². The van der Waals surface area contributed by atoms with Crippen molar-refractivity contribution in [2.45, 2.75) is 18.9 Å². The van der Waals surface area contributed by atoms with Crippen molar-refractivity contribution >= 4 is 23.3 Å². The van der Waals surface area contributed by atoms with Crippen molar-refractivity contribution in [1.82, 2.24) is 10.3 Å². The second kappa shape index (κ2) is 4.25. The summed E-state index contributed by atoms with van der Waals surface area (Å²) >= 11 is 0. The molecule has 1 aliphatic rings. The third-order valence-corrected chi connectivity index (χ3v) is 3.04. The van der Waals surface area contributed by atoms with Crippen molar-refractivity contribution in [2.24, 2.45) is 0 Å². The number of nitrogens with one attached hydrogen (secondary N) is 2. The molecule has 0 bridgehead atoms. The van der Waals surface area contributed by atoms with E-state index in [-0.39, 0.29) is 12.4 Å². The van der Waals surface area contributed by atoms with Crippen LogP contribution in [-0.2, 0) is 0 Å². The maximum Gasteiger partial charge on any atom is 0.0457 e. The van der Waals surface area contributed by atoms with E-state index in [4.69, 9.17) is 0 Å². The molecule has 0 amide bonds. The van der Waals surface area contributed by atoms with Crippen molar-refractivity contribution in [3.8, 4) is 0 Å². The zero-order valence-corrected chi connectivity index (χ0v) is 9.31. The van der Waals surface area contributed by atoms with Crippen LogP contribution in [0.4, 0.5) is 0 Å². The van der Waals surface area contributed by atoms with Gasteiger partial charge < -0.3 is 10.3 Å². The van der Waals surface area contributed by atoms with E-state index in [2.05, 4.69) is 34.6 Å². The lowest BCUT2D eigenvalue weighted by atomic mass is 10.0. The first-order valence-corrected chi connectivity index (χ1v) is 5.24. The number of hydrogen-bond acceptors (Lipinski definition) is 1. The fraction of sp³-hybridized carbons (Fsp3) is 0.333. The van der Waals surface area contributed by atoms with Crippen LogP contribution < -0.4 is 5.32 Å². The van der Waals surface area contributed by atoms with Crippen LogP contribution in [-0.4, -0.2) is 11.5 Å². The summed E-state index contributed by atoms with van der Waals surface area (Å²) in [6.07, 6.45) is 4.57. The molecule has 0 spiro atoms. The summed E-state index contributed by atoms with van der Waals surface area (Å²) in [4.78, 5) is 3.26. The van der Waals surface area contributed by atoms with Gasteiger partial charge >= 0.3 is 0 Å². The number of aromatic amines is 1. The van der Waals surface area contributed by atoms with Crippen molar-refractivity contribution in [1.29, 1.82) is 0 Å². The first-order valence-electron chi connectivity index (χ1n) is 5.24. The van der Waals surface area contributed by atoms with E-state index >= 15 is 0 Å². The number of rotatable bonds is 1. The fourth-order valence-corrected chi connectivity index (χ4v) is 2.25. The molecule has 2 aromatic rings. The number of hydrogen-bond donors (Lipinski definition) is 2. The molecule has 1 fully saturated rings. The molecule has 1 aromatic heterocycles. The monoisotopic (exact) mass is 222 g/mol. The Bertz CT molecular complexity index is 444. The second-order valence-corrected chi connectivity index (χ2v) is 3.97. The molecule has 2 nitrogen and oxygen atoms in total. The summed E-state index contributed by atoms with van der Waals surface area (Å²) < 4.78 is 0. The Balaban J connectivity index is 0.000000853. The second-order valence-electron chi connectivity index (χ2n) is 3.97. The van der Waals surface area contributed by atoms with Crippen molar-refractivity contribution in [2.75, 3.05) is 6.54 Å². The van der Waals surface area contributed by atoms with Crippen LogP contribution in [0.5, 0.6) is 0 Å². The van der Waals surface area contributed by atoms with E-state index in [9.17, 15) is 0 Å². The normalized spacial score (nSPS) is 20.4. The van der Waals surface area contributed by atoms with Crippen LogP contribution in [0.1, 0.15) is 24.4 Å². The van der Waals surface area contributed by atoms with Gasteiger partial charge in [0.05, 0.1) is 0 Å². The minimum atomic E-state index is 0. The maximum absolute atomic E-state index is 3.52. The molecule has 2 heterocycles. The average molecular weight is 223 g/mol. The molecule has 0 saturated carbocycles. The smallest absolute Gasteiger partial charge is 0.0457 e. The lowest BCUT2D eigenvalue weighted by Crippen LogP contribution is -2.12. The van der Waals surface area contributed by atoms with Crippen LogP contribution in [0.2, 0.25) is 0 Å². The van der Waals surface area contributed by atoms with Crippen molar-refractivity contribution in [3.63, 3.8) is 0 Å². The Labute approximate surface area is 95.5 Å². The minimum Gasteiger partial charge on any atom is -0.361 e. The van der Waals surface area contributed by atoms with Crippen LogP contribution in [0.3, 0.4) is 0 Å². The summed E-state index contributed by atoms with van der Waals surface area (Å²) in [6, 6.07) is 9.38. The quantitative estimate of drug-likeness (QED) is 0.763. The summed E-state index contributed by atoms with van der Waals surface area (Å²) in [6.45, 7) is 1.16. The first-order chi connectivity index (χ1) is 6.93.